The molecule has 2 atom stereocenters. The number of carboxylic acid groups (broad SMARTS) is 1. The van der Waals surface area contributed by atoms with Crippen LogP contribution in [-0.2, 0) is 19.4 Å². The molecule has 7 heteroatoms. The minimum absolute atomic E-state index is 0.241. The van der Waals surface area contributed by atoms with Crippen LogP contribution in [-0.4, -0.2) is 54.9 Å². The number of carboxylic acids is 1. The van der Waals surface area contributed by atoms with Crippen LogP contribution >= 0.6 is 0 Å². The van der Waals surface area contributed by atoms with Crippen molar-refractivity contribution in [2.75, 3.05) is 18.6 Å². The zero-order valence-electron chi connectivity index (χ0n) is 9.92. The van der Waals surface area contributed by atoms with E-state index < -0.39 is 27.8 Å². The molecule has 0 radical (unpaired) electrons. The number of sulfone groups is 1. The van der Waals surface area contributed by atoms with Crippen molar-refractivity contribution in [3.63, 3.8) is 0 Å². The Hall–Kier alpha value is -1.11. The van der Waals surface area contributed by atoms with Gasteiger partial charge in [0.2, 0.25) is 5.91 Å². The van der Waals surface area contributed by atoms with Gasteiger partial charge in [0.15, 0.2) is 0 Å². The third kappa shape index (κ3) is 3.69. The van der Waals surface area contributed by atoms with Crippen LogP contribution in [0.2, 0.25) is 0 Å². The Balaban J connectivity index is 2.72. The van der Waals surface area contributed by atoms with Gasteiger partial charge in [0.1, 0.15) is 15.9 Å². The fourth-order valence-electron chi connectivity index (χ4n) is 2.10. The highest BCUT2D eigenvalue weighted by molar-refractivity contribution is 7.90. The summed E-state index contributed by atoms with van der Waals surface area (Å²) < 4.78 is 22.2. The topological polar surface area (TPSA) is 91.8 Å². The molecule has 6 nitrogen and oxygen atoms in total. The van der Waals surface area contributed by atoms with Crippen LogP contribution in [0.3, 0.4) is 0 Å². The van der Waals surface area contributed by atoms with Gasteiger partial charge in [0, 0.05) is 18.7 Å². The SMILES string of the molecule is C[C@H](CS(C)(=O)=O)C(=O)N1CCC[C@H]1C(=O)O. The molecule has 1 fully saturated rings. The average Bonchev–Trinajstić information content (AvgIpc) is 2.61. The lowest BCUT2D eigenvalue weighted by Gasteiger charge is -2.24. The van der Waals surface area contributed by atoms with Gasteiger partial charge >= 0.3 is 5.97 Å². The summed E-state index contributed by atoms with van der Waals surface area (Å²) in [5, 5.41) is 8.93. The Morgan fingerprint density at radius 1 is 1.47 bits per heavy atom. The summed E-state index contributed by atoms with van der Waals surface area (Å²) in [7, 11) is -3.23. The van der Waals surface area contributed by atoms with E-state index in [9.17, 15) is 18.0 Å². The lowest BCUT2D eigenvalue weighted by atomic mass is 10.1. The second-order valence-electron chi connectivity index (χ2n) is 4.52. The average molecular weight is 263 g/mol. The molecular formula is C10H17NO5S. The Bertz CT molecular complexity index is 416. The van der Waals surface area contributed by atoms with Crippen molar-refractivity contribution in [2.24, 2.45) is 5.92 Å². The first-order valence-electron chi connectivity index (χ1n) is 5.43. The second-order valence-corrected chi connectivity index (χ2v) is 6.71. The third-order valence-corrected chi connectivity index (χ3v) is 3.90. The van der Waals surface area contributed by atoms with Gasteiger partial charge in [0.05, 0.1) is 5.75 Å². The minimum Gasteiger partial charge on any atom is -0.480 e. The van der Waals surface area contributed by atoms with Gasteiger partial charge < -0.3 is 10.0 Å². The van der Waals surface area contributed by atoms with Crippen LogP contribution in [0.5, 0.6) is 0 Å². The lowest BCUT2D eigenvalue weighted by Crippen LogP contribution is -2.44. The van der Waals surface area contributed by atoms with Gasteiger partial charge in [-0.1, -0.05) is 6.92 Å². The Kier molecular flexibility index (Phi) is 4.13. The van der Waals surface area contributed by atoms with E-state index >= 15 is 0 Å². The largest absolute Gasteiger partial charge is 0.480 e. The number of amides is 1. The lowest BCUT2D eigenvalue weighted by molar-refractivity contribution is -0.149. The molecule has 1 N–H and O–H groups in total. The van der Waals surface area contributed by atoms with Gasteiger partial charge in [-0.15, -0.1) is 0 Å². The van der Waals surface area contributed by atoms with Gasteiger partial charge in [-0.2, -0.15) is 0 Å². The van der Waals surface area contributed by atoms with Crippen LogP contribution in [0.4, 0.5) is 0 Å². The first-order valence-corrected chi connectivity index (χ1v) is 7.49. The fourth-order valence-corrected chi connectivity index (χ4v) is 3.15. The molecule has 0 aliphatic carbocycles. The first kappa shape index (κ1) is 14.0. The van der Waals surface area contributed by atoms with Gasteiger partial charge in [-0.3, -0.25) is 4.79 Å². The molecule has 0 unspecified atom stereocenters. The molecule has 17 heavy (non-hydrogen) atoms. The Labute approximate surface area is 101 Å². The zero-order valence-corrected chi connectivity index (χ0v) is 10.7. The van der Waals surface area contributed by atoms with Crippen LogP contribution in [0.15, 0.2) is 0 Å². The maximum atomic E-state index is 11.9. The molecule has 0 saturated carbocycles. The third-order valence-electron chi connectivity index (χ3n) is 2.80. The van der Waals surface area contributed by atoms with E-state index in [-0.39, 0.29) is 11.7 Å². The quantitative estimate of drug-likeness (QED) is 0.754. The van der Waals surface area contributed by atoms with Gasteiger partial charge in [-0.05, 0) is 12.8 Å². The molecule has 1 heterocycles. The molecular weight excluding hydrogens is 246 g/mol. The van der Waals surface area contributed by atoms with Crippen LogP contribution in [0.25, 0.3) is 0 Å². The predicted molar refractivity (Wildman–Crippen MR) is 61.2 cm³/mol. The van der Waals surface area contributed by atoms with Crippen molar-refractivity contribution in [3.8, 4) is 0 Å². The van der Waals surface area contributed by atoms with Gasteiger partial charge in [-0.25, -0.2) is 13.2 Å². The van der Waals surface area contributed by atoms with E-state index in [2.05, 4.69) is 0 Å². The van der Waals surface area contributed by atoms with Crippen molar-refractivity contribution in [1.82, 2.24) is 4.90 Å². The molecule has 0 bridgehead atoms. The molecule has 0 aromatic heterocycles. The van der Waals surface area contributed by atoms with E-state index in [4.69, 9.17) is 5.11 Å². The number of carbonyl (C=O) groups excluding carboxylic acids is 1. The Morgan fingerprint density at radius 2 is 2.06 bits per heavy atom. The van der Waals surface area contributed by atoms with E-state index in [1.807, 2.05) is 0 Å². The smallest absolute Gasteiger partial charge is 0.326 e. The summed E-state index contributed by atoms with van der Waals surface area (Å²) in [6.07, 6.45) is 2.15. The predicted octanol–water partition coefficient (Wildman–Crippen LogP) is -0.257. The molecule has 1 aliphatic rings. The summed E-state index contributed by atoms with van der Waals surface area (Å²) in [4.78, 5) is 24.1. The summed E-state index contributed by atoms with van der Waals surface area (Å²) in [5.41, 5.74) is 0. The number of likely N-dealkylation sites (tertiary alicyclic amines) is 1. The highest BCUT2D eigenvalue weighted by Gasteiger charge is 2.36. The molecule has 0 aromatic rings. The maximum absolute atomic E-state index is 11.9. The van der Waals surface area contributed by atoms with E-state index in [0.29, 0.717) is 19.4 Å². The van der Waals surface area contributed by atoms with Gasteiger partial charge in [0.25, 0.3) is 0 Å². The molecule has 1 rings (SSSR count). The molecule has 0 spiro atoms. The highest BCUT2D eigenvalue weighted by Crippen LogP contribution is 2.20. The molecule has 98 valence electrons. The summed E-state index contributed by atoms with van der Waals surface area (Å²) in [6, 6.07) is -0.801. The van der Waals surface area contributed by atoms with Crippen molar-refractivity contribution in [1.29, 1.82) is 0 Å². The second kappa shape index (κ2) is 5.03. The summed E-state index contributed by atoms with van der Waals surface area (Å²) in [6.45, 7) is 1.91. The molecule has 1 saturated heterocycles. The first-order chi connectivity index (χ1) is 7.72. The number of aliphatic carboxylic acids is 1. The highest BCUT2D eigenvalue weighted by atomic mass is 32.2. The van der Waals surface area contributed by atoms with Crippen molar-refractivity contribution < 1.29 is 23.1 Å². The van der Waals surface area contributed by atoms with Crippen molar-refractivity contribution in [3.05, 3.63) is 0 Å². The molecule has 1 aliphatic heterocycles. The van der Waals surface area contributed by atoms with Crippen LogP contribution < -0.4 is 0 Å². The Morgan fingerprint density at radius 3 is 2.53 bits per heavy atom. The monoisotopic (exact) mass is 263 g/mol. The maximum Gasteiger partial charge on any atom is 0.326 e. The summed E-state index contributed by atoms with van der Waals surface area (Å²) in [5.74, 6) is -2.35. The standard InChI is InChI=1S/C10H17NO5S/c1-7(6-17(2,15)16)9(12)11-5-3-4-8(11)10(13)14/h7-8H,3-6H2,1-2H3,(H,13,14)/t7-,8+/m1/s1. The molecule has 0 aromatic carbocycles. The van der Waals surface area contributed by atoms with E-state index in [0.717, 1.165) is 6.26 Å². The molecule has 1 amide bonds. The van der Waals surface area contributed by atoms with Crippen molar-refractivity contribution in [2.45, 2.75) is 25.8 Å². The van der Waals surface area contributed by atoms with E-state index in [1.54, 1.807) is 0 Å². The fraction of sp³-hybridized carbons (Fsp3) is 0.800. The number of hydrogen-bond acceptors (Lipinski definition) is 4. The zero-order chi connectivity index (χ0) is 13.2. The number of rotatable bonds is 4. The van der Waals surface area contributed by atoms with Crippen LogP contribution in [0, 0.1) is 5.92 Å². The summed E-state index contributed by atoms with van der Waals surface area (Å²) >= 11 is 0. The normalized spacial score (nSPS) is 22.5. The minimum atomic E-state index is -3.23. The number of nitrogens with zero attached hydrogens (tertiary/aromatic N) is 1. The van der Waals surface area contributed by atoms with Crippen molar-refractivity contribution >= 4 is 21.7 Å². The van der Waals surface area contributed by atoms with Crippen LogP contribution in [0.1, 0.15) is 19.8 Å². The number of hydrogen-bond donors (Lipinski definition) is 1. The van der Waals surface area contributed by atoms with E-state index in [1.165, 1.54) is 11.8 Å². The number of carbonyl (C=O) groups is 2.